The summed E-state index contributed by atoms with van der Waals surface area (Å²) in [5, 5.41) is 10.5. The van der Waals surface area contributed by atoms with Gasteiger partial charge in [0.05, 0.1) is 12.2 Å². The maximum absolute atomic E-state index is 10.4. The molecule has 2 aromatic carbocycles. The summed E-state index contributed by atoms with van der Waals surface area (Å²) in [7, 11) is -1.91. The molecule has 0 aromatic heterocycles. The van der Waals surface area contributed by atoms with Crippen molar-refractivity contribution in [3.05, 3.63) is 83.9 Å². The van der Waals surface area contributed by atoms with E-state index in [1.165, 1.54) is 0 Å². The Bertz CT molecular complexity index is 687. The van der Waals surface area contributed by atoms with Crippen molar-refractivity contribution >= 4 is 8.32 Å². The molecule has 0 aliphatic heterocycles. The number of aliphatic hydroxyl groups excluding tert-OH is 1. The van der Waals surface area contributed by atoms with E-state index in [9.17, 15) is 5.11 Å². The van der Waals surface area contributed by atoms with Gasteiger partial charge >= 0.3 is 0 Å². The van der Waals surface area contributed by atoms with Crippen LogP contribution in [0.15, 0.2) is 72.8 Å². The summed E-state index contributed by atoms with van der Waals surface area (Å²) in [4.78, 5) is 0. The summed E-state index contributed by atoms with van der Waals surface area (Å²) in [5.41, 5.74) is 2.10. The van der Waals surface area contributed by atoms with E-state index in [4.69, 9.17) is 4.43 Å². The Balaban J connectivity index is 2.14. The summed E-state index contributed by atoms with van der Waals surface area (Å²) in [6, 6.07) is 20.1. The molecule has 2 atom stereocenters. The molecule has 1 N–H and O–H groups in total. The second-order valence-electron chi connectivity index (χ2n) is 8.30. The lowest BCUT2D eigenvalue weighted by Crippen LogP contribution is -2.41. The predicted molar refractivity (Wildman–Crippen MR) is 113 cm³/mol. The molecular formula is C23H32O2Si. The van der Waals surface area contributed by atoms with Crippen LogP contribution in [-0.2, 0) is 4.43 Å². The van der Waals surface area contributed by atoms with Crippen molar-refractivity contribution in [3.8, 4) is 0 Å². The highest BCUT2D eigenvalue weighted by atomic mass is 28.4. The molecule has 0 unspecified atom stereocenters. The first-order chi connectivity index (χ1) is 12.2. The Kier molecular flexibility index (Phi) is 6.99. The fourth-order valence-electron chi connectivity index (χ4n) is 2.50. The molecule has 0 saturated carbocycles. The smallest absolute Gasteiger partial charge is 0.193 e. The first kappa shape index (κ1) is 20.6. The van der Waals surface area contributed by atoms with Crippen molar-refractivity contribution in [2.24, 2.45) is 0 Å². The number of benzene rings is 2. The zero-order chi connectivity index (χ0) is 19.2. The maximum Gasteiger partial charge on any atom is 0.193 e. The van der Waals surface area contributed by atoms with Crippen molar-refractivity contribution in [2.75, 3.05) is 0 Å². The van der Waals surface area contributed by atoms with Gasteiger partial charge in [0.25, 0.3) is 0 Å². The molecule has 0 aliphatic carbocycles. The molecule has 0 fully saturated rings. The molecule has 0 saturated heterocycles. The highest BCUT2D eigenvalue weighted by molar-refractivity contribution is 6.74. The van der Waals surface area contributed by atoms with Gasteiger partial charge in [-0.25, -0.2) is 0 Å². The van der Waals surface area contributed by atoms with E-state index in [1.807, 2.05) is 54.6 Å². The van der Waals surface area contributed by atoms with Crippen LogP contribution in [0.3, 0.4) is 0 Å². The third-order valence-corrected chi connectivity index (χ3v) is 9.67. The standard InChI is InChI=1S/C23H32O2Si/c1-23(2,3)26(4,5)25-22(20-15-10-7-11-16-20)18-12-17-21(24)19-13-8-6-9-14-19/h6-16,18,21-22,24H,17H2,1-5H3/b18-12-/t21-,22+/m0/s1. The molecule has 0 aliphatic rings. The lowest BCUT2D eigenvalue weighted by molar-refractivity contribution is 0.180. The molecule has 2 nitrogen and oxygen atoms in total. The normalized spacial score (nSPS) is 15.2. The summed E-state index contributed by atoms with van der Waals surface area (Å²) >= 11 is 0. The minimum atomic E-state index is -1.91. The second kappa shape index (κ2) is 8.80. The van der Waals surface area contributed by atoms with Gasteiger partial charge < -0.3 is 9.53 Å². The molecule has 2 rings (SSSR count). The van der Waals surface area contributed by atoms with Crippen LogP contribution in [0, 0.1) is 0 Å². The minimum Gasteiger partial charge on any atom is -0.407 e. The third-order valence-electron chi connectivity index (χ3n) is 5.21. The molecule has 3 heteroatoms. The van der Waals surface area contributed by atoms with Crippen molar-refractivity contribution in [2.45, 2.75) is 57.5 Å². The van der Waals surface area contributed by atoms with Crippen molar-refractivity contribution < 1.29 is 9.53 Å². The first-order valence-electron chi connectivity index (χ1n) is 9.33. The summed E-state index contributed by atoms with van der Waals surface area (Å²) in [5.74, 6) is 0. The van der Waals surface area contributed by atoms with Crippen LogP contribution in [0.1, 0.15) is 50.5 Å². The van der Waals surface area contributed by atoms with E-state index in [2.05, 4.69) is 52.1 Å². The lowest BCUT2D eigenvalue weighted by Gasteiger charge is -2.38. The maximum atomic E-state index is 10.4. The van der Waals surface area contributed by atoms with Crippen LogP contribution >= 0.6 is 0 Å². The zero-order valence-electron chi connectivity index (χ0n) is 16.6. The van der Waals surface area contributed by atoms with Crippen LogP contribution in [0.2, 0.25) is 18.1 Å². The van der Waals surface area contributed by atoms with Gasteiger partial charge in [-0.1, -0.05) is 93.6 Å². The van der Waals surface area contributed by atoms with E-state index >= 15 is 0 Å². The van der Waals surface area contributed by atoms with Gasteiger partial charge in [-0.15, -0.1) is 0 Å². The Morgan fingerprint density at radius 3 is 1.92 bits per heavy atom. The first-order valence-corrected chi connectivity index (χ1v) is 12.2. The zero-order valence-corrected chi connectivity index (χ0v) is 17.6. The molecular weight excluding hydrogens is 336 g/mol. The average molecular weight is 369 g/mol. The van der Waals surface area contributed by atoms with Gasteiger partial charge in [0.15, 0.2) is 8.32 Å². The van der Waals surface area contributed by atoms with Gasteiger partial charge in [-0.2, -0.15) is 0 Å². The number of hydrogen-bond donors (Lipinski definition) is 1. The van der Waals surface area contributed by atoms with E-state index in [1.54, 1.807) is 0 Å². The topological polar surface area (TPSA) is 29.5 Å². The molecule has 0 heterocycles. The van der Waals surface area contributed by atoms with Crippen LogP contribution < -0.4 is 0 Å². The Hall–Kier alpha value is -1.68. The fraction of sp³-hybridized carbons (Fsp3) is 0.391. The highest BCUT2D eigenvalue weighted by Gasteiger charge is 2.39. The molecule has 0 radical (unpaired) electrons. The number of aliphatic hydroxyl groups is 1. The van der Waals surface area contributed by atoms with Crippen LogP contribution in [0.4, 0.5) is 0 Å². The molecule has 0 bridgehead atoms. The van der Waals surface area contributed by atoms with Crippen molar-refractivity contribution in [1.29, 1.82) is 0 Å². The lowest BCUT2D eigenvalue weighted by atomic mass is 10.0. The monoisotopic (exact) mass is 368 g/mol. The third kappa shape index (κ3) is 5.66. The molecule has 26 heavy (non-hydrogen) atoms. The Morgan fingerprint density at radius 1 is 0.923 bits per heavy atom. The number of rotatable bonds is 7. The second-order valence-corrected chi connectivity index (χ2v) is 13.1. The number of hydrogen-bond acceptors (Lipinski definition) is 2. The Labute approximate surface area is 159 Å². The van der Waals surface area contributed by atoms with Gasteiger partial charge in [0, 0.05) is 0 Å². The van der Waals surface area contributed by atoms with E-state index in [0.717, 1.165) is 11.1 Å². The SMILES string of the molecule is CC(C)(C)[Si](C)(C)O[C@H](/C=C\C[C@H](O)c1ccccc1)c1ccccc1. The van der Waals surface area contributed by atoms with Crippen LogP contribution in [-0.4, -0.2) is 13.4 Å². The largest absolute Gasteiger partial charge is 0.407 e. The van der Waals surface area contributed by atoms with Crippen LogP contribution in [0.25, 0.3) is 0 Å². The summed E-state index contributed by atoms with van der Waals surface area (Å²) in [6.45, 7) is 11.3. The van der Waals surface area contributed by atoms with Crippen molar-refractivity contribution in [1.82, 2.24) is 0 Å². The fourth-order valence-corrected chi connectivity index (χ4v) is 3.70. The molecule has 0 spiro atoms. The van der Waals surface area contributed by atoms with Gasteiger partial charge in [0.1, 0.15) is 0 Å². The van der Waals surface area contributed by atoms with Crippen LogP contribution in [0.5, 0.6) is 0 Å². The van der Waals surface area contributed by atoms with E-state index < -0.39 is 14.4 Å². The van der Waals surface area contributed by atoms with E-state index in [0.29, 0.717) is 6.42 Å². The Morgan fingerprint density at radius 2 is 1.42 bits per heavy atom. The molecule has 0 amide bonds. The molecule has 140 valence electrons. The molecule has 2 aromatic rings. The van der Waals surface area contributed by atoms with E-state index in [-0.39, 0.29) is 11.1 Å². The summed E-state index contributed by atoms with van der Waals surface area (Å²) < 4.78 is 6.65. The quantitative estimate of drug-likeness (QED) is 0.451. The van der Waals surface area contributed by atoms with Crippen molar-refractivity contribution in [3.63, 3.8) is 0 Å². The highest BCUT2D eigenvalue weighted by Crippen LogP contribution is 2.40. The minimum absolute atomic E-state index is 0.0833. The predicted octanol–water partition coefficient (Wildman–Crippen LogP) is 6.43. The average Bonchev–Trinajstić information content (AvgIpc) is 2.61. The van der Waals surface area contributed by atoms with Gasteiger partial charge in [-0.05, 0) is 35.7 Å². The van der Waals surface area contributed by atoms with Gasteiger partial charge in [0.2, 0.25) is 0 Å². The van der Waals surface area contributed by atoms with Gasteiger partial charge in [-0.3, -0.25) is 0 Å². The summed E-state index contributed by atoms with van der Waals surface area (Å²) in [6.07, 6.45) is 4.15.